The van der Waals surface area contributed by atoms with Gasteiger partial charge in [0.1, 0.15) is 6.26 Å². The highest BCUT2D eigenvalue weighted by Crippen LogP contribution is 2.07. The molecule has 1 aliphatic rings. The highest BCUT2D eigenvalue weighted by atomic mass is 16.5. The molecule has 26 heavy (non-hydrogen) atoms. The quantitative estimate of drug-likeness (QED) is 0.530. The summed E-state index contributed by atoms with van der Waals surface area (Å²) in [5, 5.41) is 10.3. The Morgan fingerprint density at radius 1 is 1.35 bits per heavy atom. The summed E-state index contributed by atoms with van der Waals surface area (Å²) in [5.41, 5.74) is 0.964. The third kappa shape index (κ3) is 6.67. The normalized spacial score (nSPS) is 17.2. The molecule has 146 valence electrons. The predicted octanol–water partition coefficient (Wildman–Crippen LogP) is 1.06. The summed E-state index contributed by atoms with van der Waals surface area (Å²) in [6, 6.07) is 2.13. The van der Waals surface area contributed by atoms with E-state index in [1.165, 1.54) is 0 Å². The summed E-state index contributed by atoms with van der Waals surface area (Å²) in [7, 11) is 0. The molecule has 2 rings (SSSR count). The third-order valence-electron chi connectivity index (χ3n) is 4.50. The van der Waals surface area contributed by atoms with Crippen molar-refractivity contribution in [3.63, 3.8) is 0 Å². The lowest BCUT2D eigenvalue weighted by atomic mass is 10.2. The number of aromatic nitrogens is 1. The Morgan fingerprint density at radius 3 is 2.73 bits per heavy atom. The zero-order valence-corrected chi connectivity index (χ0v) is 16.2. The highest BCUT2D eigenvalue weighted by Gasteiger charge is 2.20. The number of amides is 1. The molecule has 1 unspecified atom stereocenters. The summed E-state index contributed by atoms with van der Waals surface area (Å²) in [5.74, 6) is 0.960. The van der Waals surface area contributed by atoms with Gasteiger partial charge in [0, 0.05) is 57.8 Å². The zero-order valence-electron chi connectivity index (χ0n) is 16.2. The van der Waals surface area contributed by atoms with E-state index in [-0.39, 0.29) is 11.9 Å². The van der Waals surface area contributed by atoms with Crippen LogP contribution in [0.15, 0.2) is 21.8 Å². The van der Waals surface area contributed by atoms with Gasteiger partial charge in [0.2, 0.25) is 5.91 Å². The summed E-state index contributed by atoms with van der Waals surface area (Å²) in [6.45, 7) is 12.0. The number of nitrogens with one attached hydrogen (secondary N) is 2. The van der Waals surface area contributed by atoms with Crippen molar-refractivity contribution in [3.8, 4) is 0 Å². The SMILES string of the molecule is CCNC(=NCCC(=O)NC(C)CC)N1CCN(Cc2ccon2)CC1. The van der Waals surface area contributed by atoms with Crippen molar-refractivity contribution in [1.29, 1.82) is 0 Å². The van der Waals surface area contributed by atoms with Crippen LogP contribution in [0.1, 0.15) is 39.3 Å². The summed E-state index contributed by atoms with van der Waals surface area (Å²) in [6.07, 6.45) is 2.97. The number of nitrogens with zero attached hydrogens (tertiary/aromatic N) is 4. The van der Waals surface area contributed by atoms with Crippen LogP contribution in [-0.4, -0.2) is 72.1 Å². The molecule has 1 atom stereocenters. The second-order valence-corrected chi connectivity index (χ2v) is 6.62. The number of guanidine groups is 1. The van der Waals surface area contributed by atoms with Crippen LogP contribution in [0.4, 0.5) is 0 Å². The molecule has 0 aliphatic carbocycles. The monoisotopic (exact) mass is 364 g/mol. The Morgan fingerprint density at radius 2 is 2.12 bits per heavy atom. The fourth-order valence-electron chi connectivity index (χ4n) is 2.80. The van der Waals surface area contributed by atoms with Gasteiger partial charge >= 0.3 is 0 Å². The maximum Gasteiger partial charge on any atom is 0.222 e. The molecule has 1 aromatic heterocycles. The zero-order chi connectivity index (χ0) is 18.8. The van der Waals surface area contributed by atoms with Gasteiger partial charge in [0.05, 0.1) is 12.2 Å². The van der Waals surface area contributed by atoms with Crippen LogP contribution in [0.5, 0.6) is 0 Å². The molecule has 1 fully saturated rings. The second kappa shape index (κ2) is 10.8. The van der Waals surface area contributed by atoms with E-state index < -0.39 is 0 Å². The van der Waals surface area contributed by atoms with Gasteiger partial charge in [-0.1, -0.05) is 12.1 Å². The highest BCUT2D eigenvalue weighted by molar-refractivity contribution is 5.81. The lowest BCUT2D eigenvalue weighted by Gasteiger charge is -2.36. The van der Waals surface area contributed by atoms with Crippen LogP contribution in [0.25, 0.3) is 0 Å². The number of carbonyl (C=O) groups is 1. The smallest absolute Gasteiger partial charge is 0.222 e. The topological polar surface area (TPSA) is 86.0 Å². The Bertz CT molecular complexity index is 552. The van der Waals surface area contributed by atoms with Crippen molar-refractivity contribution in [3.05, 3.63) is 18.0 Å². The van der Waals surface area contributed by atoms with Gasteiger partial charge in [-0.2, -0.15) is 0 Å². The maximum atomic E-state index is 11.9. The van der Waals surface area contributed by atoms with E-state index in [2.05, 4.69) is 44.4 Å². The molecule has 8 nitrogen and oxygen atoms in total. The molecule has 0 bridgehead atoms. The Kier molecular flexibility index (Phi) is 8.40. The number of carbonyl (C=O) groups excluding carboxylic acids is 1. The molecule has 2 heterocycles. The van der Waals surface area contributed by atoms with Crippen molar-refractivity contribution in [2.24, 2.45) is 4.99 Å². The van der Waals surface area contributed by atoms with Crippen LogP contribution in [0.2, 0.25) is 0 Å². The van der Waals surface area contributed by atoms with E-state index in [1.54, 1.807) is 6.26 Å². The van der Waals surface area contributed by atoms with Crippen LogP contribution in [0, 0.1) is 0 Å². The first kappa shape index (κ1) is 20.2. The van der Waals surface area contributed by atoms with Crippen molar-refractivity contribution in [2.75, 3.05) is 39.3 Å². The van der Waals surface area contributed by atoms with Crippen LogP contribution in [0.3, 0.4) is 0 Å². The third-order valence-corrected chi connectivity index (χ3v) is 4.50. The average molecular weight is 364 g/mol. The van der Waals surface area contributed by atoms with Gasteiger partial charge in [0.15, 0.2) is 5.96 Å². The number of piperazine rings is 1. The molecule has 8 heteroatoms. The summed E-state index contributed by atoms with van der Waals surface area (Å²) >= 11 is 0. The van der Waals surface area contributed by atoms with E-state index in [9.17, 15) is 4.79 Å². The van der Waals surface area contributed by atoms with E-state index >= 15 is 0 Å². The molecular formula is C18H32N6O2. The van der Waals surface area contributed by atoms with Gasteiger partial charge in [0.25, 0.3) is 0 Å². The van der Waals surface area contributed by atoms with Gasteiger partial charge in [-0.3, -0.25) is 14.7 Å². The molecule has 0 spiro atoms. The molecule has 0 aromatic carbocycles. The first-order valence-electron chi connectivity index (χ1n) is 9.56. The van der Waals surface area contributed by atoms with Gasteiger partial charge in [-0.25, -0.2) is 0 Å². The van der Waals surface area contributed by atoms with Gasteiger partial charge in [-0.05, 0) is 20.3 Å². The Hall–Kier alpha value is -2.09. The van der Waals surface area contributed by atoms with Gasteiger partial charge < -0.3 is 20.1 Å². The van der Waals surface area contributed by atoms with Crippen molar-refractivity contribution in [2.45, 2.75) is 46.2 Å². The maximum absolute atomic E-state index is 11.9. The molecule has 1 aliphatic heterocycles. The van der Waals surface area contributed by atoms with Crippen molar-refractivity contribution >= 4 is 11.9 Å². The minimum absolute atomic E-state index is 0.0661. The second-order valence-electron chi connectivity index (χ2n) is 6.62. The van der Waals surface area contributed by atoms with Crippen LogP contribution in [-0.2, 0) is 11.3 Å². The summed E-state index contributed by atoms with van der Waals surface area (Å²) < 4.78 is 4.89. The Labute approximate surface area is 156 Å². The van der Waals surface area contributed by atoms with E-state index in [4.69, 9.17) is 4.52 Å². The number of hydrogen-bond acceptors (Lipinski definition) is 5. The molecular weight excluding hydrogens is 332 g/mol. The van der Waals surface area contributed by atoms with Crippen molar-refractivity contribution < 1.29 is 9.32 Å². The van der Waals surface area contributed by atoms with E-state index in [0.29, 0.717) is 13.0 Å². The van der Waals surface area contributed by atoms with Crippen LogP contribution < -0.4 is 10.6 Å². The molecule has 0 saturated carbocycles. The fourth-order valence-corrected chi connectivity index (χ4v) is 2.80. The predicted molar refractivity (Wildman–Crippen MR) is 102 cm³/mol. The molecule has 2 N–H and O–H groups in total. The van der Waals surface area contributed by atoms with Crippen LogP contribution >= 0.6 is 0 Å². The average Bonchev–Trinajstić information content (AvgIpc) is 3.14. The molecule has 1 saturated heterocycles. The minimum atomic E-state index is 0.0661. The number of aliphatic imine (C=N–C) groups is 1. The molecule has 1 amide bonds. The van der Waals surface area contributed by atoms with E-state index in [1.807, 2.05) is 13.0 Å². The number of rotatable bonds is 8. The fraction of sp³-hybridized carbons (Fsp3) is 0.722. The minimum Gasteiger partial charge on any atom is -0.364 e. The lowest BCUT2D eigenvalue weighted by molar-refractivity contribution is -0.121. The van der Waals surface area contributed by atoms with Gasteiger partial charge in [-0.15, -0.1) is 0 Å². The Balaban J connectivity index is 1.78. The number of hydrogen-bond donors (Lipinski definition) is 2. The summed E-state index contributed by atoms with van der Waals surface area (Å²) in [4.78, 5) is 21.1. The first-order valence-corrected chi connectivity index (χ1v) is 9.56. The van der Waals surface area contributed by atoms with E-state index in [0.717, 1.165) is 57.3 Å². The molecule has 1 aromatic rings. The molecule has 0 radical (unpaired) electrons. The van der Waals surface area contributed by atoms with Crippen molar-refractivity contribution in [1.82, 2.24) is 25.6 Å². The first-order chi connectivity index (χ1) is 12.6. The largest absolute Gasteiger partial charge is 0.364 e. The lowest BCUT2D eigenvalue weighted by Crippen LogP contribution is -2.52. The standard InChI is InChI=1S/C18H32N6O2/c1-4-15(3)21-17(25)6-8-20-18(19-5-2)24-11-9-23(10-12-24)14-16-7-13-26-22-16/h7,13,15H,4-6,8-12,14H2,1-3H3,(H,19,20)(H,21,25).